The lowest BCUT2D eigenvalue weighted by Gasteiger charge is -1.94. The Morgan fingerprint density at radius 2 is 2.27 bits per heavy atom. The predicted octanol–water partition coefficient (Wildman–Crippen LogP) is -0.675. The van der Waals surface area contributed by atoms with Gasteiger partial charge in [0.2, 0.25) is 5.88 Å². The smallest absolute Gasteiger partial charge is 0.332 e. The molecule has 5 heteroatoms. The van der Waals surface area contributed by atoms with Crippen molar-refractivity contribution in [2.75, 3.05) is 0 Å². The molecule has 0 aliphatic carbocycles. The van der Waals surface area contributed by atoms with E-state index in [0.717, 1.165) is 9.13 Å². The Kier molecular flexibility index (Phi) is 2.00. The van der Waals surface area contributed by atoms with Crippen LogP contribution in [0, 0.1) is 0 Å². The summed E-state index contributed by atoms with van der Waals surface area (Å²) in [7, 11) is 0. The third-order valence-corrected chi connectivity index (χ3v) is 1.49. The van der Waals surface area contributed by atoms with E-state index in [1.165, 1.54) is 6.20 Å². The lowest BCUT2D eigenvalue weighted by molar-refractivity contribution is 0.205. The second kappa shape index (κ2) is 2.79. The number of hydrogen-bond acceptors (Lipinski definition) is 3. The van der Waals surface area contributed by atoms with Crippen LogP contribution in [0.1, 0.15) is 6.92 Å². The highest BCUT2D eigenvalue weighted by Gasteiger charge is 2.06. The van der Waals surface area contributed by atoms with E-state index in [0.29, 0.717) is 6.54 Å². The van der Waals surface area contributed by atoms with Crippen molar-refractivity contribution < 1.29 is 10.2 Å². The molecule has 0 aliphatic heterocycles. The molecule has 0 saturated heterocycles. The van der Waals surface area contributed by atoms with Gasteiger partial charge >= 0.3 is 5.69 Å². The van der Waals surface area contributed by atoms with E-state index in [1.807, 2.05) is 0 Å². The molecule has 2 N–H and O–H groups in total. The van der Waals surface area contributed by atoms with Gasteiger partial charge in [-0.1, -0.05) is 0 Å². The van der Waals surface area contributed by atoms with Gasteiger partial charge in [0.15, 0.2) is 0 Å². The number of aromatic nitrogens is 2. The molecule has 0 bridgehead atoms. The lowest BCUT2D eigenvalue weighted by Crippen LogP contribution is -2.23. The van der Waals surface area contributed by atoms with Gasteiger partial charge < -0.3 is 10.2 Å². The average Bonchev–Trinajstić information content (AvgIpc) is 2.26. The molecule has 0 saturated carbocycles. The fourth-order valence-corrected chi connectivity index (χ4v) is 0.916. The van der Waals surface area contributed by atoms with Crippen LogP contribution in [0.5, 0.6) is 5.88 Å². The summed E-state index contributed by atoms with van der Waals surface area (Å²) >= 11 is 0. The molecule has 62 valence electrons. The molecule has 0 unspecified atom stereocenters. The number of rotatable bonds is 2. The van der Waals surface area contributed by atoms with Crippen LogP contribution in [0.25, 0.3) is 0 Å². The van der Waals surface area contributed by atoms with Gasteiger partial charge in [-0.2, -0.15) is 0 Å². The van der Waals surface area contributed by atoms with Crippen LogP contribution >= 0.6 is 0 Å². The van der Waals surface area contributed by atoms with E-state index in [2.05, 4.69) is 0 Å². The maximum absolute atomic E-state index is 11.1. The minimum atomic E-state index is -0.403. The summed E-state index contributed by atoms with van der Waals surface area (Å²) in [5.41, 5.74) is -0.396. The van der Waals surface area contributed by atoms with Crippen LogP contribution in [0.4, 0.5) is 0 Å². The minimum absolute atomic E-state index is 0.119. The Morgan fingerprint density at radius 3 is 2.55 bits per heavy atom. The van der Waals surface area contributed by atoms with Crippen molar-refractivity contribution in [1.82, 2.24) is 9.13 Å². The highest BCUT2D eigenvalue weighted by Crippen LogP contribution is 2.03. The quantitative estimate of drug-likeness (QED) is 0.599. The van der Waals surface area contributed by atoms with Crippen LogP contribution < -0.4 is 5.69 Å². The topological polar surface area (TPSA) is 67.4 Å². The summed E-state index contributed by atoms with van der Waals surface area (Å²) in [5.74, 6) is -0.119. The number of hydrogen-bond donors (Lipinski definition) is 2. The SMILES string of the molecule is CCn1c(O)cn(CO)c1=O. The zero-order valence-corrected chi connectivity index (χ0v) is 6.19. The van der Waals surface area contributed by atoms with Crippen LogP contribution in [-0.4, -0.2) is 19.3 Å². The second-order valence-corrected chi connectivity index (χ2v) is 2.13. The molecule has 0 spiro atoms. The predicted molar refractivity (Wildman–Crippen MR) is 38.2 cm³/mol. The van der Waals surface area contributed by atoms with E-state index in [1.54, 1.807) is 6.92 Å². The first kappa shape index (κ1) is 7.87. The van der Waals surface area contributed by atoms with E-state index in [4.69, 9.17) is 10.2 Å². The fourth-order valence-electron chi connectivity index (χ4n) is 0.916. The number of nitrogens with zero attached hydrogens (tertiary/aromatic N) is 2. The normalized spacial score (nSPS) is 10.4. The Balaban J connectivity index is 3.25. The number of imidazole rings is 1. The molecule has 11 heavy (non-hydrogen) atoms. The molecule has 0 fully saturated rings. The van der Waals surface area contributed by atoms with Gasteiger partial charge in [0.25, 0.3) is 0 Å². The van der Waals surface area contributed by atoms with Gasteiger partial charge in [-0.25, -0.2) is 4.79 Å². The lowest BCUT2D eigenvalue weighted by atomic mass is 10.7. The second-order valence-electron chi connectivity index (χ2n) is 2.13. The van der Waals surface area contributed by atoms with Crippen molar-refractivity contribution in [3.63, 3.8) is 0 Å². The molecule has 1 heterocycles. The average molecular weight is 158 g/mol. The summed E-state index contributed by atoms with van der Waals surface area (Å²) in [6.45, 7) is 1.74. The van der Waals surface area contributed by atoms with E-state index >= 15 is 0 Å². The van der Waals surface area contributed by atoms with Crippen molar-refractivity contribution in [3.05, 3.63) is 16.7 Å². The summed E-state index contributed by atoms with van der Waals surface area (Å²) in [6.07, 6.45) is 1.20. The van der Waals surface area contributed by atoms with Crippen LogP contribution in [0.15, 0.2) is 11.0 Å². The van der Waals surface area contributed by atoms with E-state index < -0.39 is 12.4 Å². The third-order valence-electron chi connectivity index (χ3n) is 1.49. The molecule has 0 amide bonds. The molecular formula is C6H10N2O3. The number of aliphatic hydroxyl groups is 1. The third kappa shape index (κ3) is 1.14. The molecule has 0 aromatic carbocycles. The summed E-state index contributed by atoms with van der Waals surface area (Å²) < 4.78 is 2.19. The van der Waals surface area contributed by atoms with Gasteiger partial charge in [-0.05, 0) is 6.92 Å². The van der Waals surface area contributed by atoms with Gasteiger partial charge in [0.05, 0.1) is 6.20 Å². The summed E-state index contributed by atoms with van der Waals surface area (Å²) in [5, 5.41) is 17.7. The fraction of sp³-hybridized carbons (Fsp3) is 0.500. The van der Waals surface area contributed by atoms with Crippen LogP contribution in [0.3, 0.4) is 0 Å². The largest absolute Gasteiger partial charge is 0.493 e. The van der Waals surface area contributed by atoms with E-state index in [-0.39, 0.29) is 5.88 Å². The number of aromatic hydroxyl groups is 1. The summed E-state index contributed by atoms with van der Waals surface area (Å²) in [6, 6.07) is 0. The maximum Gasteiger partial charge on any atom is 0.332 e. The Morgan fingerprint density at radius 1 is 1.64 bits per heavy atom. The first-order valence-electron chi connectivity index (χ1n) is 3.30. The van der Waals surface area contributed by atoms with Gasteiger partial charge in [-0.3, -0.25) is 9.13 Å². The Labute approximate surface area is 63.1 Å². The van der Waals surface area contributed by atoms with Crippen LogP contribution in [-0.2, 0) is 13.3 Å². The highest BCUT2D eigenvalue weighted by atomic mass is 16.3. The molecule has 1 aromatic heterocycles. The van der Waals surface area contributed by atoms with Crippen molar-refractivity contribution >= 4 is 0 Å². The summed E-state index contributed by atoms with van der Waals surface area (Å²) in [4.78, 5) is 11.1. The minimum Gasteiger partial charge on any atom is -0.493 e. The maximum atomic E-state index is 11.1. The van der Waals surface area contributed by atoms with Crippen LogP contribution in [0.2, 0.25) is 0 Å². The zero-order chi connectivity index (χ0) is 8.43. The van der Waals surface area contributed by atoms with Crippen molar-refractivity contribution in [2.45, 2.75) is 20.2 Å². The Hall–Kier alpha value is -1.23. The van der Waals surface area contributed by atoms with Crippen molar-refractivity contribution in [1.29, 1.82) is 0 Å². The molecule has 0 aliphatic rings. The van der Waals surface area contributed by atoms with Gasteiger partial charge in [-0.15, -0.1) is 0 Å². The molecule has 5 nitrogen and oxygen atoms in total. The molecule has 0 radical (unpaired) electrons. The van der Waals surface area contributed by atoms with Gasteiger partial charge in [0.1, 0.15) is 6.73 Å². The van der Waals surface area contributed by atoms with Crippen molar-refractivity contribution in [3.8, 4) is 5.88 Å². The van der Waals surface area contributed by atoms with E-state index in [9.17, 15) is 4.79 Å². The number of aliphatic hydroxyl groups excluding tert-OH is 1. The monoisotopic (exact) mass is 158 g/mol. The molecular weight excluding hydrogens is 148 g/mol. The van der Waals surface area contributed by atoms with Crippen molar-refractivity contribution in [2.24, 2.45) is 0 Å². The highest BCUT2D eigenvalue weighted by molar-refractivity contribution is 5.04. The first-order chi connectivity index (χ1) is 5.20. The molecule has 1 rings (SSSR count). The Bertz CT molecular complexity index is 299. The standard InChI is InChI=1S/C6H10N2O3/c1-2-8-5(10)3-7(4-9)6(8)11/h3,9-10H,2,4H2,1H3. The molecule has 0 atom stereocenters. The zero-order valence-electron chi connectivity index (χ0n) is 6.19. The first-order valence-corrected chi connectivity index (χ1v) is 3.30. The molecule has 1 aromatic rings. The van der Waals surface area contributed by atoms with Gasteiger partial charge in [0, 0.05) is 6.54 Å².